The molecule has 1 heterocycles. The van der Waals surface area contributed by atoms with Gasteiger partial charge in [0.1, 0.15) is 5.69 Å². The number of carbonyl (C=O) groups is 1. The van der Waals surface area contributed by atoms with Crippen LogP contribution in [0.25, 0.3) is 10.9 Å². The van der Waals surface area contributed by atoms with Crippen LogP contribution in [-0.4, -0.2) is 16.1 Å². The zero-order valence-electron chi connectivity index (χ0n) is 10.5. The van der Waals surface area contributed by atoms with E-state index in [0.717, 1.165) is 10.9 Å². The number of aromatic amines is 1. The van der Waals surface area contributed by atoms with E-state index in [4.69, 9.17) is 5.11 Å². The normalized spacial score (nSPS) is 14.9. The van der Waals surface area contributed by atoms with Gasteiger partial charge in [-0.3, -0.25) is 0 Å². The number of hydrogen-bond acceptors (Lipinski definition) is 1. The van der Waals surface area contributed by atoms with E-state index in [2.05, 4.69) is 4.98 Å². The Morgan fingerprint density at radius 3 is 2.06 bits per heavy atom. The molecule has 0 aliphatic heterocycles. The van der Waals surface area contributed by atoms with Crippen LogP contribution < -0.4 is 0 Å². The summed E-state index contributed by atoms with van der Waals surface area (Å²) in [5.74, 6) is -0.925. The van der Waals surface area contributed by atoms with Gasteiger partial charge in [0.25, 0.3) is 0 Å². The number of rotatable bonds is 1. The maximum Gasteiger partial charge on any atom is 0.352 e. The first-order valence-corrected chi connectivity index (χ1v) is 6.58. The van der Waals surface area contributed by atoms with Crippen LogP contribution in [-0.2, 0) is 0 Å². The zero-order valence-corrected chi connectivity index (χ0v) is 10.5. The molecule has 3 heteroatoms. The number of benzene rings is 1. The van der Waals surface area contributed by atoms with Gasteiger partial charge in [0.05, 0.1) is 0 Å². The van der Waals surface area contributed by atoms with Crippen molar-refractivity contribution in [3.63, 3.8) is 0 Å². The van der Waals surface area contributed by atoms with Crippen molar-refractivity contribution in [2.45, 2.75) is 38.5 Å². The molecule has 0 radical (unpaired) electrons. The summed E-state index contributed by atoms with van der Waals surface area (Å²) in [6.07, 6.45) is 9.00. The third-order valence-corrected chi connectivity index (χ3v) is 3.26. The molecule has 1 aromatic carbocycles. The van der Waals surface area contributed by atoms with Crippen LogP contribution in [0.3, 0.4) is 0 Å². The lowest BCUT2D eigenvalue weighted by molar-refractivity contribution is 0.0691. The van der Waals surface area contributed by atoms with E-state index in [-0.39, 0.29) is 5.69 Å². The number of nitrogens with one attached hydrogen (secondary N) is 1. The minimum atomic E-state index is -0.925. The van der Waals surface area contributed by atoms with Crippen molar-refractivity contribution >= 4 is 16.9 Å². The highest BCUT2D eigenvalue weighted by atomic mass is 16.4. The number of para-hydroxylation sites is 1. The number of aromatic nitrogens is 1. The van der Waals surface area contributed by atoms with E-state index >= 15 is 0 Å². The van der Waals surface area contributed by atoms with Crippen LogP contribution in [0.1, 0.15) is 49.0 Å². The minimum Gasteiger partial charge on any atom is -0.477 e. The predicted octanol–water partition coefficient (Wildman–Crippen LogP) is 4.21. The molecule has 0 spiro atoms. The topological polar surface area (TPSA) is 53.1 Å². The van der Waals surface area contributed by atoms with E-state index in [1.165, 1.54) is 38.5 Å². The highest BCUT2D eigenvalue weighted by molar-refractivity contribution is 5.93. The monoisotopic (exact) mass is 245 g/mol. The van der Waals surface area contributed by atoms with E-state index in [1.54, 1.807) is 6.07 Å². The molecular formula is C15H19NO2. The second-order valence-corrected chi connectivity index (χ2v) is 4.70. The molecule has 1 aliphatic carbocycles. The summed E-state index contributed by atoms with van der Waals surface area (Å²) in [4.78, 5) is 13.3. The molecule has 0 unspecified atom stereocenters. The van der Waals surface area contributed by atoms with Crippen molar-refractivity contribution in [2.24, 2.45) is 0 Å². The fourth-order valence-corrected chi connectivity index (χ4v) is 2.25. The van der Waals surface area contributed by atoms with E-state index in [1.807, 2.05) is 24.3 Å². The van der Waals surface area contributed by atoms with Gasteiger partial charge in [0.15, 0.2) is 0 Å². The van der Waals surface area contributed by atoms with Gasteiger partial charge in [-0.25, -0.2) is 4.79 Å². The highest BCUT2D eigenvalue weighted by Gasteiger charge is 2.05. The minimum absolute atomic E-state index is 0.233. The molecule has 1 aromatic heterocycles. The fraction of sp³-hybridized carbons (Fsp3) is 0.400. The van der Waals surface area contributed by atoms with Crippen molar-refractivity contribution in [1.29, 1.82) is 0 Å². The van der Waals surface area contributed by atoms with Crippen LogP contribution in [0.15, 0.2) is 30.3 Å². The van der Waals surface area contributed by atoms with Crippen LogP contribution in [0.4, 0.5) is 0 Å². The Balaban J connectivity index is 0.000000169. The van der Waals surface area contributed by atoms with Crippen LogP contribution >= 0.6 is 0 Å². The third-order valence-electron chi connectivity index (χ3n) is 3.26. The molecule has 96 valence electrons. The van der Waals surface area contributed by atoms with Gasteiger partial charge < -0.3 is 10.1 Å². The van der Waals surface area contributed by atoms with E-state index in [9.17, 15) is 4.79 Å². The van der Waals surface area contributed by atoms with Gasteiger partial charge in [-0.1, -0.05) is 56.7 Å². The molecule has 1 aliphatic rings. The van der Waals surface area contributed by atoms with Crippen molar-refractivity contribution in [3.05, 3.63) is 36.0 Å². The largest absolute Gasteiger partial charge is 0.477 e. The fourth-order valence-electron chi connectivity index (χ4n) is 2.25. The molecule has 0 bridgehead atoms. The lowest BCUT2D eigenvalue weighted by atomic mass is 10.0. The third kappa shape index (κ3) is 3.36. The summed E-state index contributed by atoms with van der Waals surface area (Å²) in [7, 11) is 0. The molecule has 3 rings (SSSR count). The number of carboxylic acids is 1. The Morgan fingerprint density at radius 2 is 1.56 bits per heavy atom. The van der Waals surface area contributed by atoms with E-state index in [0.29, 0.717) is 0 Å². The summed E-state index contributed by atoms with van der Waals surface area (Å²) < 4.78 is 0. The molecule has 1 fully saturated rings. The smallest absolute Gasteiger partial charge is 0.352 e. The molecule has 2 N–H and O–H groups in total. The van der Waals surface area contributed by atoms with Gasteiger partial charge in [0, 0.05) is 10.9 Å². The van der Waals surface area contributed by atoms with Gasteiger partial charge in [0.2, 0.25) is 0 Å². The highest BCUT2D eigenvalue weighted by Crippen LogP contribution is 2.15. The van der Waals surface area contributed by atoms with Crippen LogP contribution in [0.2, 0.25) is 0 Å². The Morgan fingerprint density at radius 1 is 1.00 bits per heavy atom. The van der Waals surface area contributed by atoms with Crippen molar-refractivity contribution in [1.82, 2.24) is 4.98 Å². The number of carboxylic acid groups (broad SMARTS) is 1. The van der Waals surface area contributed by atoms with Crippen molar-refractivity contribution in [3.8, 4) is 0 Å². The predicted molar refractivity (Wildman–Crippen MR) is 73.0 cm³/mol. The summed E-state index contributed by atoms with van der Waals surface area (Å²) >= 11 is 0. The lowest BCUT2D eigenvalue weighted by Crippen LogP contribution is -1.94. The number of aromatic carboxylic acids is 1. The number of H-pyrrole nitrogens is 1. The van der Waals surface area contributed by atoms with Gasteiger partial charge in [-0.2, -0.15) is 0 Å². The maximum absolute atomic E-state index is 10.5. The van der Waals surface area contributed by atoms with E-state index < -0.39 is 5.97 Å². The standard InChI is InChI=1S/C9H7NO2.C6H12/c11-9(12)8-5-6-3-1-2-4-7(6)10-8;1-2-4-6-5-3-1/h1-5,10H,(H,11,12);1-6H2. The van der Waals surface area contributed by atoms with Gasteiger partial charge in [-0.05, 0) is 12.1 Å². The number of fused-ring (bicyclic) bond motifs is 1. The SMILES string of the molecule is C1CCCCC1.O=C(O)c1cc2ccccc2[nH]1. The first-order chi connectivity index (χ1) is 8.77. The zero-order chi connectivity index (χ0) is 12.8. The molecule has 3 nitrogen and oxygen atoms in total. The van der Waals surface area contributed by atoms with Crippen molar-refractivity contribution < 1.29 is 9.90 Å². The summed E-state index contributed by atoms with van der Waals surface area (Å²) in [5, 5.41) is 9.58. The van der Waals surface area contributed by atoms with Crippen LogP contribution in [0.5, 0.6) is 0 Å². The second-order valence-electron chi connectivity index (χ2n) is 4.70. The Labute approximate surface area is 107 Å². The molecule has 18 heavy (non-hydrogen) atoms. The number of hydrogen-bond donors (Lipinski definition) is 2. The van der Waals surface area contributed by atoms with Gasteiger partial charge >= 0.3 is 5.97 Å². The first-order valence-electron chi connectivity index (χ1n) is 6.58. The average molecular weight is 245 g/mol. The molecule has 1 saturated carbocycles. The van der Waals surface area contributed by atoms with Crippen LogP contribution in [0, 0.1) is 0 Å². The molecule has 0 saturated heterocycles. The first kappa shape index (κ1) is 12.7. The lowest BCUT2D eigenvalue weighted by Gasteiger charge is -2.05. The summed E-state index contributed by atoms with van der Waals surface area (Å²) in [6, 6.07) is 9.09. The Hall–Kier alpha value is -1.77. The quantitative estimate of drug-likeness (QED) is 0.790. The summed E-state index contributed by atoms with van der Waals surface area (Å²) in [5.41, 5.74) is 1.09. The molecule has 0 amide bonds. The molecule has 0 atom stereocenters. The van der Waals surface area contributed by atoms with Gasteiger partial charge in [-0.15, -0.1) is 0 Å². The summed E-state index contributed by atoms with van der Waals surface area (Å²) in [6.45, 7) is 0. The second kappa shape index (κ2) is 6.24. The molecule has 2 aromatic rings. The Kier molecular flexibility index (Phi) is 4.40. The average Bonchev–Trinajstić information content (AvgIpc) is 2.85. The maximum atomic E-state index is 10.5. The Bertz CT molecular complexity index is 467. The van der Waals surface area contributed by atoms with Crippen molar-refractivity contribution in [2.75, 3.05) is 0 Å². The molecular weight excluding hydrogens is 226 g/mol.